The van der Waals surface area contributed by atoms with Crippen LogP contribution >= 0.6 is 0 Å². The average Bonchev–Trinajstić information content (AvgIpc) is 2.64. The Balaban J connectivity index is 1.54. The molecule has 5 nitrogen and oxygen atoms in total. The van der Waals surface area contributed by atoms with E-state index in [4.69, 9.17) is 5.26 Å². The summed E-state index contributed by atoms with van der Waals surface area (Å²) in [5, 5.41) is 30.2. The minimum absolute atomic E-state index is 0.508. The second-order valence-electron chi connectivity index (χ2n) is 6.78. The van der Waals surface area contributed by atoms with E-state index in [0.717, 1.165) is 24.3 Å². The number of aromatic nitrogens is 1. The molecule has 0 amide bonds. The lowest BCUT2D eigenvalue weighted by atomic mass is 9.86. The zero-order chi connectivity index (χ0) is 17.7. The van der Waals surface area contributed by atoms with Crippen molar-refractivity contribution in [2.24, 2.45) is 0 Å². The Morgan fingerprint density at radius 3 is 2.68 bits per heavy atom. The first-order chi connectivity index (χ1) is 12.1. The van der Waals surface area contributed by atoms with E-state index in [1.54, 1.807) is 24.4 Å². The summed E-state index contributed by atoms with van der Waals surface area (Å²) in [6.07, 6.45) is 3.01. The van der Waals surface area contributed by atoms with Gasteiger partial charge < -0.3 is 15.1 Å². The molecular weight excluding hydrogens is 314 g/mol. The van der Waals surface area contributed by atoms with E-state index < -0.39 is 11.7 Å². The van der Waals surface area contributed by atoms with Crippen LogP contribution in [0.25, 0.3) is 0 Å². The Hall–Kier alpha value is -2.26. The Morgan fingerprint density at radius 2 is 2.00 bits per heavy atom. The van der Waals surface area contributed by atoms with Crippen LogP contribution in [0.4, 0.5) is 0 Å². The fourth-order valence-corrected chi connectivity index (χ4v) is 3.33. The highest BCUT2D eigenvalue weighted by molar-refractivity contribution is 5.33. The van der Waals surface area contributed by atoms with Crippen LogP contribution in [0.5, 0.6) is 0 Å². The van der Waals surface area contributed by atoms with E-state index in [9.17, 15) is 10.2 Å². The van der Waals surface area contributed by atoms with E-state index in [0.29, 0.717) is 31.4 Å². The molecule has 1 aliphatic heterocycles. The molecule has 1 saturated heterocycles. The Labute approximate surface area is 148 Å². The SMILES string of the molecule is N#Cc1cccc(C(O)CN2CCC(O)(Cc3ccccn3)CC2)c1. The number of nitrogens with zero attached hydrogens (tertiary/aromatic N) is 3. The quantitative estimate of drug-likeness (QED) is 0.873. The maximum Gasteiger partial charge on any atom is 0.0991 e. The Kier molecular flexibility index (Phi) is 5.44. The van der Waals surface area contributed by atoms with Gasteiger partial charge in [-0.2, -0.15) is 5.26 Å². The third-order valence-electron chi connectivity index (χ3n) is 4.85. The van der Waals surface area contributed by atoms with Gasteiger partial charge in [-0.15, -0.1) is 0 Å². The van der Waals surface area contributed by atoms with Crippen LogP contribution in [-0.4, -0.2) is 45.3 Å². The number of aliphatic hydroxyl groups excluding tert-OH is 1. The summed E-state index contributed by atoms with van der Waals surface area (Å²) in [6, 6.07) is 14.9. The lowest BCUT2D eigenvalue weighted by Gasteiger charge is -2.38. The summed E-state index contributed by atoms with van der Waals surface area (Å²) in [5.74, 6) is 0. The molecule has 25 heavy (non-hydrogen) atoms. The number of hydrogen-bond donors (Lipinski definition) is 2. The predicted molar refractivity (Wildman–Crippen MR) is 94.7 cm³/mol. The minimum Gasteiger partial charge on any atom is -0.389 e. The van der Waals surface area contributed by atoms with Gasteiger partial charge in [0.05, 0.1) is 23.3 Å². The molecule has 0 aliphatic carbocycles. The summed E-state index contributed by atoms with van der Waals surface area (Å²) in [7, 11) is 0. The van der Waals surface area contributed by atoms with Crippen molar-refractivity contribution in [2.75, 3.05) is 19.6 Å². The molecule has 3 rings (SSSR count). The fourth-order valence-electron chi connectivity index (χ4n) is 3.33. The van der Waals surface area contributed by atoms with Crippen molar-refractivity contribution in [3.63, 3.8) is 0 Å². The third kappa shape index (κ3) is 4.64. The van der Waals surface area contributed by atoms with Crippen LogP contribution in [0, 0.1) is 11.3 Å². The number of aliphatic hydroxyl groups is 2. The van der Waals surface area contributed by atoms with Crippen molar-refractivity contribution in [2.45, 2.75) is 31.0 Å². The summed E-state index contributed by atoms with van der Waals surface area (Å²) in [5.41, 5.74) is 1.50. The van der Waals surface area contributed by atoms with Gasteiger partial charge >= 0.3 is 0 Å². The van der Waals surface area contributed by atoms with Crippen LogP contribution in [0.2, 0.25) is 0 Å². The molecule has 2 heterocycles. The van der Waals surface area contributed by atoms with Gasteiger partial charge in [0.2, 0.25) is 0 Å². The molecule has 0 spiro atoms. The standard InChI is InChI=1S/C20H23N3O2/c21-14-16-4-3-5-17(12-16)19(24)15-23-10-7-20(25,8-11-23)13-18-6-1-2-9-22-18/h1-6,9,12,19,24-25H,7-8,10-11,13,15H2. The average molecular weight is 337 g/mol. The molecule has 0 saturated carbocycles. The highest BCUT2D eigenvalue weighted by Gasteiger charge is 2.33. The first-order valence-electron chi connectivity index (χ1n) is 8.61. The van der Waals surface area contributed by atoms with Crippen molar-refractivity contribution in [3.05, 3.63) is 65.5 Å². The first kappa shape index (κ1) is 17.6. The summed E-state index contributed by atoms with van der Waals surface area (Å²) >= 11 is 0. The maximum absolute atomic E-state index is 10.8. The maximum atomic E-state index is 10.8. The fraction of sp³-hybridized carbons (Fsp3) is 0.400. The van der Waals surface area contributed by atoms with Crippen molar-refractivity contribution >= 4 is 0 Å². The molecule has 1 aromatic carbocycles. The van der Waals surface area contributed by atoms with Gasteiger partial charge in [0, 0.05) is 37.9 Å². The van der Waals surface area contributed by atoms with Gasteiger partial charge in [0.1, 0.15) is 0 Å². The molecule has 5 heteroatoms. The third-order valence-corrected chi connectivity index (χ3v) is 4.85. The monoisotopic (exact) mass is 337 g/mol. The normalized spacial score (nSPS) is 18.4. The first-order valence-corrected chi connectivity index (χ1v) is 8.61. The lowest BCUT2D eigenvalue weighted by Crippen LogP contribution is -2.46. The summed E-state index contributed by atoms with van der Waals surface area (Å²) < 4.78 is 0. The highest BCUT2D eigenvalue weighted by Crippen LogP contribution is 2.27. The van der Waals surface area contributed by atoms with Gasteiger partial charge in [-0.05, 0) is 42.7 Å². The van der Waals surface area contributed by atoms with E-state index in [2.05, 4.69) is 16.0 Å². The van der Waals surface area contributed by atoms with Crippen LogP contribution < -0.4 is 0 Å². The molecule has 1 fully saturated rings. The van der Waals surface area contributed by atoms with E-state index in [-0.39, 0.29) is 0 Å². The van der Waals surface area contributed by atoms with Crippen molar-refractivity contribution < 1.29 is 10.2 Å². The number of hydrogen-bond acceptors (Lipinski definition) is 5. The second kappa shape index (κ2) is 7.75. The Morgan fingerprint density at radius 1 is 1.20 bits per heavy atom. The molecule has 1 atom stereocenters. The molecule has 0 radical (unpaired) electrons. The van der Waals surface area contributed by atoms with Gasteiger partial charge in [-0.3, -0.25) is 4.98 Å². The van der Waals surface area contributed by atoms with Crippen molar-refractivity contribution in [3.8, 4) is 6.07 Å². The van der Waals surface area contributed by atoms with Crippen molar-refractivity contribution in [1.82, 2.24) is 9.88 Å². The van der Waals surface area contributed by atoms with E-state index >= 15 is 0 Å². The summed E-state index contributed by atoms with van der Waals surface area (Å²) in [6.45, 7) is 1.98. The minimum atomic E-state index is -0.726. The largest absolute Gasteiger partial charge is 0.389 e. The number of nitriles is 1. The number of β-amino-alcohol motifs (C(OH)–C–C–N with tert-alkyl or cyclic N) is 1. The molecule has 2 N–H and O–H groups in total. The summed E-state index contributed by atoms with van der Waals surface area (Å²) in [4.78, 5) is 6.46. The van der Waals surface area contributed by atoms with Crippen LogP contribution in [0.3, 0.4) is 0 Å². The molecule has 1 aromatic heterocycles. The molecule has 2 aromatic rings. The molecule has 0 bridgehead atoms. The van der Waals surface area contributed by atoms with E-state index in [1.807, 2.05) is 24.3 Å². The zero-order valence-corrected chi connectivity index (χ0v) is 14.2. The van der Waals surface area contributed by atoms with Gasteiger partial charge in [0.15, 0.2) is 0 Å². The predicted octanol–water partition coefficient (Wildman–Crippen LogP) is 2.06. The number of rotatable bonds is 5. The molecular formula is C20H23N3O2. The lowest BCUT2D eigenvalue weighted by molar-refractivity contribution is -0.0301. The Bertz CT molecular complexity index is 734. The molecule has 1 aliphatic rings. The van der Waals surface area contributed by atoms with Crippen molar-refractivity contribution in [1.29, 1.82) is 5.26 Å². The molecule has 1 unspecified atom stereocenters. The number of likely N-dealkylation sites (tertiary alicyclic amines) is 1. The van der Waals surface area contributed by atoms with Gasteiger partial charge in [-0.1, -0.05) is 18.2 Å². The van der Waals surface area contributed by atoms with Gasteiger partial charge in [0.25, 0.3) is 0 Å². The topological polar surface area (TPSA) is 80.4 Å². The van der Waals surface area contributed by atoms with Crippen LogP contribution in [0.15, 0.2) is 48.7 Å². The molecule has 130 valence electrons. The zero-order valence-electron chi connectivity index (χ0n) is 14.2. The second-order valence-corrected chi connectivity index (χ2v) is 6.78. The van der Waals surface area contributed by atoms with Gasteiger partial charge in [-0.25, -0.2) is 0 Å². The van der Waals surface area contributed by atoms with Crippen LogP contribution in [-0.2, 0) is 6.42 Å². The highest BCUT2D eigenvalue weighted by atomic mass is 16.3. The van der Waals surface area contributed by atoms with Crippen LogP contribution in [0.1, 0.15) is 35.8 Å². The number of piperidine rings is 1. The number of benzene rings is 1. The smallest absolute Gasteiger partial charge is 0.0991 e. The van der Waals surface area contributed by atoms with E-state index in [1.165, 1.54) is 0 Å². The number of pyridine rings is 1.